The number of carbonyl (C=O) groups is 2. The molecule has 3 aromatic heterocycles. The number of piperidine rings is 1. The monoisotopic (exact) mass is 481 g/mol. The minimum atomic E-state index is -0.529. The predicted molar refractivity (Wildman–Crippen MR) is 136 cm³/mol. The lowest BCUT2D eigenvalue weighted by atomic mass is 9.93. The Bertz CT molecular complexity index is 1470. The molecular formula is C27H23N5O2S. The summed E-state index contributed by atoms with van der Waals surface area (Å²) in [7, 11) is 0. The van der Waals surface area contributed by atoms with Crippen molar-refractivity contribution in [3.63, 3.8) is 0 Å². The Balaban J connectivity index is 1.41. The van der Waals surface area contributed by atoms with Gasteiger partial charge in [0.15, 0.2) is 0 Å². The largest absolute Gasteiger partial charge is 0.359 e. The van der Waals surface area contributed by atoms with Gasteiger partial charge in [0.05, 0.1) is 22.7 Å². The molecule has 1 amide bonds. The fourth-order valence-electron chi connectivity index (χ4n) is 4.61. The summed E-state index contributed by atoms with van der Waals surface area (Å²) in [5.41, 5.74) is 5.24. The number of nitriles is 1. The number of nitrogens with zero attached hydrogens (tertiary/aromatic N) is 4. The first-order valence-electron chi connectivity index (χ1n) is 11.5. The van der Waals surface area contributed by atoms with Gasteiger partial charge in [0.2, 0.25) is 0 Å². The summed E-state index contributed by atoms with van der Waals surface area (Å²) in [6.07, 6.45) is 6.92. The smallest absolute Gasteiger partial charge is 0.295 e. The van der Waals surface area contributed by atoms with Crippen molar-refractivity contribution in [2.45, 2.75) is 26.2 Å². The molecule has 1 aromatic carbocycles. The standard InChI is InChI=1S/C27H23N5O2S/c1-2-17-15-30-24(26-29-10-13-35-26)23-22(17)21(16-31-23)25(33)27(34)32-11-8-19(9-12-32)20(14-28)18-6-4-3-5-7-18/h3-7,10,13,15-16,31H,2,8-9,11-12H2,1H3. The van der Waals surface area contributed by atoms with Gasteiger partial charge in [-0.15, -0.1) is 11.3 Å². The number of allylic oxidation sites excluding steroid dienone is 1. The zero-order valence-electron chi connectivity index (χ0n) is 19.2. The summed E-state index contributed by atoms with van der Waals surface area (Å²) in [4.78, 5) is 40.3. The highest BCUT2D eigenvalue weighted by Gasteiger charge is 2.30. The van der Waals surface area contributed by atoms with E-state index in [1.807, 2.05) is 42.6 Å². The lowest BCUT2D eigenvalue weighted by Gasteiger charge is -2.28. The van der Waals surface area contributed by atoms with Crippen LogP contribution in [0.15, 0.2) is 59.9 Å². The van der Waals surface area contributed by atoms with Crippen LogP contribution in [0.3, 0.4) is 0 Å². The van der Waals surface area contributed by atoms with E-state index >= 15 is 0 Å². The summed E-state index contributed by atoms with van der Waals surface area (Å²) in [5.74, 6) is -1.05. The molecule has 1 saturated heterocycles. The third-order valence-electron chi connectivity index (χ3n) is 6.42. The molecule has 0 atom stereocenters. The second kappa shape index (κ2) is 9.65. The summed E-state index contributed by atoms with van der Waals surface area (Å²) in [6.45, 7) is 2.82. The number of H-pyrrole nitrogens is 1. The maximum Gasteiger partial charge on any atom is 0.295 e. The van der Waals surface area contributed by atoms with Crippen LogP contribution in [0.4, 0.5) is 0 Å². The molecule has 1 aliphatic heterocycles. The van der Waals surface area contributed by atoms with Crippen molar-refractivity contribution in [1.29, 1.82) is 5.26 Å². The van der Waals surface area contributed by atoms with Gasteiger partial charge >= 0.3 is 0 Å². The maximum absolute atomic E-state index is 13.4. The number of aryl methyl sites for hydroxylation is 1. The van der Waals surface area contributed by atoms with Gasteiger partial charge in [-0.1, -0.05) is 37.3 Å². The van der Waals surface area contributed by atoms with E-state index in [2.05, 4.69) is 21.0 Å². The average Bonchev–Trinajstić information content (AvgIpc) is 3.60. The highest BCUT2D eigenvalue weighted by molar-refractivity contribution is 7.13. The predicted octanol–water partition coefficient (Wildman–Crippen LogP) is 5.03. The third-order valence-corrected chi connectivity index (χ3v) is 7.20. The molecule has 0 saturated carbocycles. The number of rotatable bonds is 5. The molecule has 0 aliphatic carbocycles. The van der Waals surface area contributed by atoms with Crippen LogP contribution < -0.4 is 0 Å². The number of aromatic nitrogens is 3. The first-order valence-corrected chi connectivity index (χ1v) is 12.4. The Labute approximate surface area is 206 Å². The fourth-order valence-corrected chi connectivity index (χ4v) is 5.24. The second-order valence-corrected chi connectivity index (χ2v) is 9.25. The van der Waals surface area contributed by atoms with E-state index in [4.69, 9.17) is 0 Å². The van der Waals surface area contributed by atoms with Gasteiger partial charge in [-0.05, 0) is 36.0 Å². The van der Waals surface area contributed by atoms with Crippen molar-refractivity contribution in [2.24, 2.45) is 0 Å². The van der Waals surface area contributed by atoms with Crippen LogP contribution >= 0.6 is 11.3 Å². The molecule has 8 heteroatoms. The summed E-state index contributed by atoms with van der Waals surface area (Å²) < 4.78 is 0. The molecule has 5 rings (SSSR count). The van der Waals surface area contributed by atoms with Crippen LogP contribution in [0.2, 0.25) is 0 Å². The molecule has 0 spiro atoms. The zero-order chi connectivity index (χ0) is 24.4. The molecule has 0 radical (unpaired) electrons. The average molecular weight is 482 g/mol. The van der Waals surface area contributed by atoms with E-state index in [-0.39, 0.29) is 0 Å². The number of Topliss-reactive ketones (excluding diaryl/α,β-unsaturated/α-hetero) is 1. The van der Waals surface area contributed by atoms with Crippen molar-refractivity contribution in [2.75, 3.05) is 13.1 Å². The van der Waals surface area contributed by atoms with Crippen molar-refractivity contribution < 1.29 is 9.59 Å². The van der Waals surface area contributed by atoms with Gasteiger partial charge in [0, 0.05) is 42.4 Å². The number of pyridine rings is 1. The quantitative estimate of drug-likeness (QED) is 0.245. The lowest BCUT2D eigenvalue weighted by molar-refractivity contribution is -0.126. The Morgan fingerprint density at radius 1 is 1.17 bits per heavy atom. The van der Waals surface area contributed by atoms with Gasteiger partial charge in [0.1, 0.15) is 10.7 Å². The van der Waals surface area contributed by atoms with Crippen LogP contribution in [0.25, 0.3) is 27.2 Å². The number of thiazole rings is 1. The number of ketones is 1. The van der Waals surface area contributed by atoms with Crippen molar-refractivity contribution in [3.8, 4) is 16.8 Å². The van der Waals surface area contributed by atoms with Crippen LogP contribution in [0.5, 0.6) is 0 Å². The first-order chi connectivity index (χ1) is 17.1. The van der Waals surface area contributed by atoms with Gasteiger partial charge in [0.25, 0.3) is 11.7 Å². The number of likely N-dealkylation sites (tertiary alicyclic amines) is 1. The van der Waals surface area contributed by atoms with E-state index in [0.29, 0.717) is 49.2 Å². The van der Waals surface area contributed by atoms with E-state index in [1.54, 1.807) is 23.5 Å². The minimum absolute atomic E-state index is 0.366. The Morgan fingerprint density at radius 3 is 2.60 bits per heavy atom. The SMILES string of the molecule is CCc1cnc(-c2nccs2)c2[nH]cc(C(=O)C(=O)N3CCC(=C(C#N)c4ccccc4)CC3)c12. The highest BCUT2D eigenvalue weighted by atomic mass is 32.1. The van der Waals surface area contributed by atoms with Crippen LogP contribution in [0.1, 0.15) is 41.3 Å². The van der Waals surface area contributed by atoms with E-state index in [0.717, 1.165) is 32.6 Å². The molecule has 0 bridgehead atoms. The zero-order valence-corrected chi connectivity index (χ0v) is 20.1. The van der Waals surface area contributed by atoms with Crippen LogP contribution in [-0.4, -0.2) is 44.6 Å². The topological polar surface area (TPSA) is 103 Å². The molecule has 4 aromatic rings. The molecule has 0 unspecified atom stereocenters. The number of hydrogen-bond acceptors (Lipinski definition) is 6. The molecular weight excluding hydrogens is 458 g/mol. The molecule has 7 nitrogen and oxygen atoms in total. The first kappa shape index (κ1) is 22.7. The van der Waals surface area contributed by atoms with Gasteiger partial charge in [-0.2, -0.15) is 5.26 Å². The van der Waals surface area contributed by atoms with Crippen molar-refractivity contribution >= 4 is 39.5 Å². The second-order valence-electron chi connectivity index (χ2n) is 8.35. The molecule has 1 fully saturated rings. The van der Waals surface area contributed by atoms with E-state index < -0.39 is 11.7 Å². The van der Waals surface area contributed by atoms with Crippen molar-refractivity contribution in [3.05, 3.63) is 76.6 Å². The summed E-state index contributed by atoms with van der Waals surface area (Å²) in [5, 5.41) is 13.1. The molecule has 1 aliphatic rings. The Hall–Kier alpha value is -4.09. The molecule has 4 heterocycles. The number of nitrogens with one attached hydrogen (secondary N) is 1. The van der Waals surface area contributed by atoms with Gasteiger partial charge in [-0.25, -0.2) is 4.98 Å². The highest BCUT2D eigenvalue weighted by Crippen LogP contribution is 2.33. The molecule has 35 heavy (non-hydrogen) atoms. The fraction of sp³-hybridized carbons (Fsp3) is 0.222. The lowest BCUT2D eigenvalue weighted by Crippen LogP contribution is -2.40. The molecule has 1 N–H and O–H groups in total. The normalized spacial score (nSPS) is 13.6. The third kappa shape index (κ3) is 4.15. The number of benzene rings is 1. The summed E-state index contributed by atoms with van der Waals surface area (Å²) >= 11 is 1.47. The Kier molecular flexibility index (Phi) is 6.25. The number of carbonyl (C=O) groups excluding carboxylic acids is 2. The van der Waals surface area contributed by atoms with E-state index in [1.165, 1.54) is 11.3 Å². The number of amides is 1. The van der Waals surface area contributed by atoms with Crippen LogP contribution in [0, 0.1) is 11.3 Å². The maximum atomic E-state index is 13.4. The number of fused-ring (bicyclic) bond motifs is 1. The van der Waals surface area contributed by atoms with Gasteiger partial charge in [-0.3, -0.25) is 14.6 Å². The number of hydrogen-bond donors (Lipinski definition) is 1. The minimum Gasteiger partial charge on any atom is -0.359 e. The number of aromatic amines is 1. The van der Waals surface area contributed by atoms with Gasteiger partial charge < -0.3 is 9.88 Å². The Morgan fingerprint density at radius 2 is 1.94 bits per heavy atom. The van der Waals surface area contributed by atoms with E-state index in [9.17, 15) is 14.9 Å². The molecule has 174 valence electrons. The summed E-state index contributed by atoms with van der Waals surface area (Å²) in [6, 6.07) is 11.9. The van der Waals surface area contributed by atoms with Crippen LogP contribution in [-0.2, 0) is 11.2 Å². The van der Waals surface area contributed by atoms with Crippen molar-refractivity contribution in [1.82, 2.24) is 19.9 Å².